The van der Waals surface area contributed by atoms with E-state index in [2.05, 4.69) is 27.7 Å². The van der Waals surface area contributed by atoms with Gasteiger partial charge in [-0.25, -0.2) is 0 Å². The Morgan fingerprint density at radius 1 is 0.347 bits per heavy atom. The molecule has 0 aromatic carbocycles. The van der Waals surface area contributed by atoms with Crippen molar-refractivity contribution < 1.29 is 76.3 Å². The first kappa shape index (κ1) is 77.9. The van der Waals surface area contributed by atoms with E-state index in [0.717, 1.165) is 218 Å². The lowest BCUT2D eigenvalue weighted by Crippen LogP contribution is -2.41. The van der Waals surface area contributed by atoms with Crippen LogP contribution >= 0.6 is 0 Å². The molecule has 12 fully saturated rings. The summed E-state index contributed by atoms with van der Waals surface area (Å²) in [6.07, 6.45) is 35.5. The molecule has 0 saturated heterocycles. The van der Waals surface area contributed by atoms with E-state index < -0.39 is 10.8 Å². The summed E-state index contributed by atoms with van der Waals surface area (Å²) in [5, 5.41) is 0. The molecule has 12 rings (SSSR count). The monoisotopic (exact) mass is 1370 g/mol. The van der Waals surface area contributed by atoms with E-state index in [4.69, 9.17) is 37.9 Å². The van der Waals surface area contributed by atoms with E-state index in [-0.39, 0.29) is 154 Å². The Morgan fingerprint density at radius 2 is 0.602 bits per heavy atom. The van der Waals surface area contributed by atoms with Gasteiger partial charge in [-0.05, 0) is 284 Å². The van der Waals surface area contributed by atoms with Crippen molar-refractivity contribution in [1.29, 1.82) is 0 Å². The summed E-state index contributed by atoms with van der Waals surface area (Å²) < 4.78 is 47.2. The van der Waals surface area contributed by atoms with Crippen LogP contribution in [0.4, 0.5) is 0 Å². The van der Waals surface area contributed by atoms with Gasteiger partial charge in [0.25, 0.3) is 0 Å². The minimum atomic E-state index is -0.450. The van der Waals surface area contributed by atoms with Crippen molar-refractivity contribution in [2.24, 2.45) is 93.7 Å². The second-order valence-electron chi connectivity index (χ2n) is 35.5. The highest BCUT2D eigenvalue weighted by Crippen LogP contribution is 2.56. The van der Waals surface area contributed by atoms with Crippen LogP contribution < -0.4 is 0 Å². The topological polar surface area (TPSA) is 210 Å². The molecule has 12 saturated carbocycles. The Labute approximate surface area is 589 Å². The maximum absolute atomic E-state index is 12.9. The zero-order valence-corrected chi connectivity index (χ0v) is 63.4. The fourth-order valence-corrected chi connectivity index (χ4v) is 19.6. The van der Waals surface area contributed by atoms with Gasteiger partial charge < -0.3 is 37.9 Å². The molecule has 16 heteroatoms. The molecule has 12 aliphatic rings. The highest BCUT2D eigenvalue weighted by Gasteiger charge is 2.57. The van der Waals surface area contributed by atoms with Crippen LogP contribution in [0.25, 0.3) is 0 Å². The smallest absolute Gasteiger partial charge is 0.311 e. The van der Waals surface area contributed by atoms with Crippen molar-refractivity contribution in [3.05, 3.63) is 0 Å². The Hall–Kier alpha value is -4.24. The van der Waals surface area contributed by atoms with Crippen LogP contribution in [0.15, 0.2) is 0 Å². The van der Waals surface area contributed by atoms with E-state index in [1.807, 2.05) is 69.2 Å². The maximum atomic E-state index is 12.9. The Kier molecular flexibility index (Phi) is 26.3. The van der Waals surface area contributed by atoms with Gasteiger partial charge in [0.1, 0.15) is 46.8 Å². The van der Waals surface area contributed by atoms with Gasteiger partial charge in [-0.15, -0.1) is 0 Å². The summed E-state index contributed by atoms with van der Waals surface area (Å²) >= 11 is 0. The van der Waals surface area contributed by atoms with Crippen molar-refractivity contribution in [2.75, 3.05) is 0 Å². The molecule has 12 aliphatic carbocycles. The Balaban J connectivity index is 0.000000153. The fourth-order valence-electron chi connectivity index (χ4n) is 19.6. The predicted molar refractivity (Wildman–Crippen MR) is 374 cm³/mol. The zero-order chi connectivity index (χ0) is 71.1. The summed E-state index contributed by atoms with van der Waals surface area (Å²) in [7, 11) is 0. The summed E-state index contributed by atoms with van der Waals surface area (Å²) in [5.41, 5.74) is -1.91. The zero-order valence-electron chi connectivity index (χ0n) is 63.4. The third-order valence-electron chi connectivity index (χ3n) is 27.6. The SMILES string of the molecule is CCC(C)(C)C(=O)OC1CC2CC(C(=O)OC3(C)CCCC3)C1C2.CCC(C)C(=O)OC1CC2CC(C(=O)OC3(C)CCCCC3)C1C2.CCC(C)C(=O)OC1CC2CC(C(=O)OC3(CC)CCCCC3)C1C2.CCC1(OC(=O)C2CC3CC(OC(=O)C(C)(C)CC)C2C3)CCCC1. The number of ether oxygens (including phenoxy) is 8. The minimum absolute atomic E-state index is 0.0273. The Bertz CT molecular complexity index is 2720. The summed E-state index contributed by atoms with van der Waals surface area (Å²) in [6, 6.07) is 0. The molecule has 18 atom stereocenters. The quantitative estimate of drug-likeness (QED) is 0.0729. The van der Waals surface area contributed by atoms with E-state index in [1.165, 1.54) is 12.8 Å². The first-order valence-corrected chi connectivity index (χ1v) is 40.2. The molecular formula is C82H132O16. The summed E-state index contributed by atoms with van der Waals surface area (Å²) in [4.78, 5) is 100. The molecule has 18 unspecified atom stereocenters. The lowest BCUT2D eigenvalue weighted by atomic mass is 9.82. The first-order valence-electron chi connectivity index (χ1n) is 40.2. The van der Waals surface area contributed by atoms with E-state index in [1.54, 1.807) is 0 Å². The molecule has 0 aliphatic heterocycles. The fraction of sp³-hybridized carbons (Fsp3) is 0.902. The third kappa shape index (κ3) is 18.6. The molecular weight excluding hydrogens is 1240 g/mol. The predicted octanol–water partition coefficient (Wildman–Crippen LogP) is 17.8. The van der Waals surface area contributed by atoms with E-state index in [9.17, 15) is 38.4 Å². The standard InChI is InChI=1S/2C21H34O4.2C20H32O4/c1-5-20(3,4)19(23)24-17-13-14-11-15(17)16(12-14)18(22)25-21(6-2)9-7-8-10-21;1-4-14(3)19(22)24-18-13-15-11-16(18)17(12-15)20(23)25-21(5-2)9-7-6-8-10-21;1-5-19(2,3)18(22)23-16-12-13-10-14(16)15(11-13)17(21)24-20(4)8-6-7-9-20;1-4-13(2)18(21)23-17-12-14-10-15(17)16(11-14)19(22)24-20(3)8-6-5-7-9-20/h14-17H,5-13H2,1-4H3;14-18H,4-13H2,1-3H3;13-16H,5-12H2,1-4H3;13-17H,4-12H2,1-3H3. The maximum Gasteiger partial charge on any atom is 0.311 e. The number of rotatable bonds is 22. The summed E-state index contributed by atoms with van der Waals surface area (Å²) in [6.45, 7) is 27.9. The normalized spacial score (nSPS) is 34.4. The number of hydrogen-bond donors (Lipinski definition) is 0. The van der Waals surface area contributed by atoms with E-state index in [0.29, 0.717) is 23.7 Å². The van der Waals surface area contributed by atoms with Gasteiger partial charge in [0.15, 0.2) is 0 Å². The molecule has 98 heavy (non-hydrogen) atoms. The van der Waals surface area contributed by atoms with Gasteiger partial charge >= 0.3 is 47.8 Å². The third-order valence-corrected chi connectivity index (χ3v) is 27.6. The average molecular weight is 1370 g/mol. The molecule has 0 aromatic rings. The molecule has 0 heterocycles. The largest absolute Gasteiger partial charge is 0.462 e. The van der Waals surface area contributed by atoms with Crippen LogP contribution in [0.1, 0.15) is 328 Å². The molecule has 0 aromatic heterocycles. The average Bonchev–Trinajstić information content (AvgIpc) is 1.64. The lowest BCUT2D eigenvalue weighted by Gasteiger charge is -2.38. The van der Waals surface area contributed by atoms with E-state index >= 15 is 0 Å². The van der Waals surface area contributed by atoms with Gasteiger partial charge in [0.05, 0.1) is 46.3 Å². The van der Waals surface area contributed by atoms with Crippen LogP contribution in [-0.4, -0.2) is 94.6 Å². The van der Waals surface area contributed by atoms with Gasteiger partial charge in [0.2, 0.25) is 0 Å². The van der Waals surface area contributed by atoms with Gasteiger partial charge in [-0.2, -0.15) is 0 Å². The number of esters is 8. The number of carbonyl (C=O) groups excluding carboxylic acids is 8. The number of hydrogen-bond acceptors (Lipinski definition) is 16. The molecule has 0 radical (unpaired) electrons. The highest BCUT2D eigenvalue weighted by atomic mass is 16.6. The van der Waals surface area contributed by atoms with Gasteiger partial charge in [-0.3, -0.25) is 38.4 Å². The molecule has 0 N–H and O–H groups in total. The lowest BCUT2D eigenvalue weighted by molar-refractivity contribution is -0.176. The molecule has 8 bridgehead atoms. The minimum Gasteiger partial charge on any atom is -0.462 e. The van der Waals surface area contributed by atoms with Crippen molar-refractivity contribution in [3.8, 4) is 0 Å². The van der Waals surface area contributed by atoms with Crippen LogP contribution in [0.2, 0.25) is 0 Å². The Morgan fingerprint density at radius 3 is 0.867 bits per heavy atom. The van der Waals surface area contributed by atoms with Gasteiger partial charge in [-0.1, -0.05) is 68.2 Å². The number of carbonyl (C=O) groups is 8. The van der Waals surface area contributed by atoms with Crippen molar-refractivity contribution in [2.45, 2.75) is 375 Å². The number of fused-ring (bicyclic) bond motifs is 8. The van der Waals surface area contributed by atoms with Crippen LogP contribution in [0.3, 0.4) is 0 Å². The van der Waals surface area contributed by atoms with Crippen molar-refractivity contribution in [1.82, 2.24) is 0 Å². The molecule has 16 nitrogen and oxygen atoms in total. The first-order chi connectivity index (χ1) is 46.4. The van der Waals surface area contributed by atoms with Crippen LogP contribution in [0.5, 0.6) is 0 Å². The molecule has 0 spiro atoms. The summed E-state index contributed by atoms with van der Waals surface area (Å²) in [5.74, 6) is 1.64. The second-order valence-corrected chi connectivity index (χ2v) is 35.5. The van der Waals surface area contributed by atoms with Crippen molar-refractivity contribution >= 4 is 47.8 Å². The second kappa shape index (κ2) is 33.0. The van der Waals surface area contributed by atoms with Gasteiger partial charge in [0, 0.05) is 23.7 Å². The highest BCUT2D eigenvalue weighted by molar-refractivity contribution is 5.79. The van der Waals surface area contributed by atoms with Crippen LogP contribution in [0, 0.1) is 93.7 Å². The molecule has 556 valence electrons. The molecule has 0 amide bonds. The van der Waals surface area contributed by atoms with Crippen LogP contribution in [-0.2, 0) is 76.3 Å². The van der Waals surface area contributed by atoms with Crippen molar-refractivity contribution in [3.63, 3.8) is 0 Å².